The number of aromatic nitrogens is 3. The summed E-state index contributed by atoms with van der Waals surface area (Å²) in [5.41, 5.74) is 2.07. The van der Waals surface area contributed by atoms with Gasteiger partial charge in [-0.15, -0.1) is 0 Å². The number of ether oxygens (including phenoxy) is 1. The second kappa shape index (κ2) is 9.12. The Balaban J connectivity index is 1.68. The summed E-state index contributed by atoms with van der Waals surface area (Å²) >= 11 is 0. The molecule has 0 unspecified atom stereocenters. The summed E-state index contributed by atoms with van der Waals surface area (Å²) in [4.78, 5) is 43.9. The van der Waals surface area contributed by atoms with Gasteiger partial charge in [0.05, 0.1) is 23.1 Å². The number of unbranched alkanes of at least 4 members (excludes halogenated alkanes) is 1. The smallest absolute Gasteiger partial charge is 0.306 e. The maximum Gasteiger partial charge on any atom is 0.306 e. The van der Waals surface area contributed by atoms with E-state index in [0.29, 0.717) is 17.9 Å². The molecule has 0 saturated heterocycles. The first-order valence-corrected chi connectivity index (χ1v) is 9.40. The third-order valence-corrected chi connectivity index (χ3v) is 4.48. The molecule has 2 heterocycles. The highest BCUT2D eigenvalue weighted by Gasteiger charge is 2.14. The van der Waals surface area contributed by atoms with E-state index in [1.54, 1.807) is 22.9 Å². The highest BCUT2D eigenvalue weighted by atomic mass is 16.5. The van der Waals surface area contributed by atoms with Crippen LogP contribution in [0, 0.1) is 0 Å². The van der Waals surface area contributed by atoms with Gasteiger partial charge in [0.25, 0.3) is 5.56 Å². The quantitative estimate of drug-likeness (QED) is 0.454. The minimum absolute atomic E-state index is 0.00758. The van der Waals surface area contributed by atoms with Crippen molar-refractivity contribution in [2.75, 3.05) is 6.61 Å². The van der Waals surface area contributed by atoms with E-state index in [-0.39, 0.29) is 30.8 Å². The normalized spacial score (nSPS) is 10.9. The molecule has 2 aromatic heterocycles. The monoisotopic (exact) mass is 381 g/mol. The Morgan fingerprint density at radius 2 is 2.00 bits per heavy atom. The fourth-order valence-electron chi connectivity index (χ4n) is 2.97. The number of carbonyl (C=O) groups is 2. The Morgan fingerprint density at radius 3 is 2.75 bits per heavy atom. The van der Waals surface area contributed by atoms with Crippen molar-refractivity contribution >= 4 is 22.8 Å². The summed E-state index contributed by atoms with van der Waals surface area (Å²) in [6.45, 7) is 2.35. The SMILES string of the molecule is CCCCn1c(=O)c(CCC(=O)OCC(=O)c2ccc[nH]2)nc2ccccc21. The molecule has 7 heteroatoms. The fourth-order valence-corrected chi connectivity index (χ4v) is 2.97. The first-order chi connectivity index (χ1) is 13.6. The maximum atomic E-state index is 12.8. The van der Waals surface area contributed by atoms with Gasteiger partial charge < -0.3 is 14.3 Å². The third kappa shape index (κ3) is 4.54. The van der Waals surface area contributed by atoms with Crippen LogP contribution < -0.4 is 5.56 Å². The number of nitrogens with zero attached hydrogens (tertiary/aromatic N) is 2. The van der Waals surface area contributed by atoms with Crippen LogP contribution in [0.3, 0.4) is 0 Å². The predicted octanol–water partition coefficient (Wildman–Crippen LogP) is 2.88. The van der Waals surface area contributed by atoms with E-state index in [0.717, 1.165) is 23.9 Å². The Bertz CT molecular complexity index is 1020. The van der Waals surface area contributed by atoms with E-state index < -0.39 is 5.97 Å². The van der Waals surface area contributed by atoms with Gasteiger partial charge in [-0.2, -0.15) is 0 Å². The minimum Gasteiger partial charge on any atom is -0.457 e. The lowest BCUT2D eigenvalue weighted by molar-refractivity contribution is -0.142. The van der Waals surface area contributed by atoms with Gasteiger partial charge in [0.1, 0.15) is 5.69 Å². The van der Waals surface area contributed by atoms with Crippen molar-refractivity contribution in [1.29, 1.82) is 0 Å². The van der Waals surface area contributed by atoms with Gasteiger partial charge in [0.2, 0.25) is 5.78 Å². The van der Waals surface area contributed by atoms with E-state index in [9.17, 15) is 14.4 Å². The minimum atomic E-state index is -0.533. The molecule has 0 amide bonds. The number of aromatic amines is 1. The molecule has 0 saturated carbocycles. The number of rotatable bonds is 9. The summed E-state index contributed by atoms with van der Waals surface area (Å²) in [5.74, 6) is -0.835. The molecule has 0 aliphatic carbocycles. The average molecular weight is 381 g/mol. The van der Waals surface area contributed by atoms with Gasteiger partial charge >= 0.3 is 5.97 Å². The Hall–Kier alpha value is -3.22. The Labute approximate surface area is 162 Å². The molecule has 0 aliphatic heterocycles. The van der Waals surface area contributed by atoms with Crippen molar-refractivity contribution < 1.29 is 14.3 Å². The van der Waals surface area contributed by atoms with Crippen molar-refractivity contribution in [3.8, 4) is 0 Å². The second-order valence-electron chi connectivity index (χ2n) is 6.53. The lowest BCUT2D eigenvalue weighted by Crippen LogP contribution is -2.26. The molecular formula is C21H23N3O4. The molecule has 0 fully saturated rings. The zero-order chi connectivity index (χ0) is 19.9. The zero-order valence-electron chi connectivity index (χ0n) is 15.8. The highest BCUT2D eigenvalue weighted by molar-refractivity contribution is 5.96. The fraction of sp³-hybridized carbons (Fsp3) is 0.333. The van der Waals surface area contributed by atoms with Gasteiger partial charge in [-0.05, 0) is 30.7 Å². The molecule has 0 atom stereocenters. The first-order valence-electron chi connectivity index (χ1n) is 9.40. The van der Waals surface area contributed by atoms with Crippen LogP contribution in [-0.2, 0) is 22.5 Å². The summed E-state index contributed by atoms with van der Waals surface area (Å²) < 4.78 is 6.75. The Kier molecular flexibility index (Phi) is 6.37. The van der Waals surface area contributed by atoms with Crippen LogP contribution >= 0.6 is 0 Å². The molecule has 0 bridgehead atoms. The molecule has 3 rings (SSSR count). The second-order valence-corrected chi connectivity index (χ2v) is 6.53. The van der Waals surface area contributed by atoms with Gasteiger partial charge in [-0.25, -0.2) is 4.98 Å². The number of aryl methyl sites for hydroxylation is 2. The number of benzene rings is 1. The van der Waals surface area contributed by atoms with Crippen molar-refractivity contribution in [3.05, 3.63) is 64.3 Å². The molecular weight excluding hydrogens is 358 g/mol. The van der Waals surface area contributed by atoms with E-state index in [1.165, 1.54) is 0 Å². The molecule has 1 aromatic carbocycles. The molecule has 28 heavy (non-hydrogen) atoms. The summed E-state index contributed by atoms with van der Waals surface area (Å²) in [6.07, 6.45) is 3.65. The topological polar surface area (TPSA) is 94.0 Å². The standard InChI is InChI=1S/C21H23N3O4/c1-2-3-13-24-18-9-5-4-7-15(18)23-17(21(24)27)10-11-20(26)28-14-19(25)16-8-6-12-22-16/h4-9,12,22H,2-3,10-11,13-14H2,1H3. The molecule has 146 valence electrons. The van der Waals surface area contributed by atoms with E-state index in [1.807, 2.05) is 24.3 Å². The number of carbonyl (C=O) groups excluding carboxylic acids is 2. The number of esters is 1. The van der Waals surface area contributed by atoms with Gasteiger partial charge in [-0.1, -0.05) is 25.5 Å². The van der Waals surface area contributed by atoms with Crippen molar-refractivity contribution in [1.82, 2.24) is 14.5 Å². The first kappa shape index (κ1) is 19.5. The number of hydrogen-bond donors (Lipinski definition) is 1. The predicted molar refractivity (Wildman–Crippen MR) is 105 cm³/mol. The lowest BCUT2D eigenvalue weighted by Gasteiger charge is -2.11. The molecule has 0 spiro atoms. The number of Topliss-reactive ketones (excluding diaryl/α,β-unsaturated/α-hetero) is 1. The number of hydrogen-bond acceptors (Lipinski definition) is 5. The zero-order valence-corrected chi connectivity index (χ0v) is 15.8. The molecule has 3 aromatic rings. The molecule has 7 nitrogen and oxygen atoms in total. The average Bonchev–Trinajstić information content (AvgIpc) is 3.25. The molecule has 0 radical (unpaired) electrons. The number of ketones is 1. The van der Waals surface area contributed by atoms with Crippen molar-refractivity contribution in [2.24, 2.45) is 0 Å². The van der Waals surface area contributed by atoms with Crippen LogP contribution in [0.5, 0.6) is 0 Å². The highest BCUT2D eigenvalue weighted by Crippen LogP contribution is 2.12. The number of H-pyrrole nitrogens is 1. The van der Waals surface area contributed by atoms with Gasteiger partial charge in [-0.3, -0.25) is 14.4 Å². The molecule has 1 N–H and O–H groups in total. The summed E-state index contributed by atoms with van der Waals surface area (Å²) in [5, 5.41) is 0. The van der Waals surface area contributed by atoms with Crippen LogP contribution in [0.25, 0.3) is 11.0 Å². The van der Waals surface area contributed by atoms with E-state index in [2.05, 4.69) is 16.9 Å². The maximum absolute atomic E-state index is 12.8. The van der Waals surface area contributed by atoms with Crippen molar-refractivity contribution in [2.45, 2.75) is 39.2 Å². The van der Waals surface area contributed by atoms with Gasteiger partial charge in [0, 0.05) is 19.2 Å². The summed E-state index contributed by atoms with van der Waals surface area (Å²) in [6, 6.07) is 10.8. The van der Waals surface area contributed by atoms with Crippen LogP contribution in [0.4, 0.5) is 0 Å². The number of nitrogens with one attached hydrogen (secondary N) is 1. The van der Waals surface area contributed by atoms with E-state index in [4.69, 9.17) is 4.74 Å². The van der Waals surface area contributed by atoms with Crippen LogP contribution in [0.15, 0.2) is 47.4 Å². The lowest BCUT2D eigenvalue weighted by atomic mass is 10.2. The third-order valence-electron chi connectivity index (χ3n) is 4.48. The molecule has 0 aliphatic rings. The van der Waals surface area contributed by atoms with Crippen molar-refractivity contribution in [3.63, 3.8) is 0 Å². The summed E-state index contributed by atoms with van der Waals surface area (Å²) in [7, 11) is 0. The largest absolute Gasteiger partial charge is 0.457 e. The van der Waals surface area contributed by atoms with E-state index >= 15 is 0 Å². The van der Waals surface area contributed by atoms with Crippen LogP contribution in [0.1, 0.15) is 42.4 Å². The van der Waals surface area contributed by atoms with Crippen LogP contribution in [0.2, 0.25) is 0 Å². The van der Waals surface area contributed by atoms with Gasteiger partial charge in [0.15, 0.2) is 6.61 Å². The van der Waals surface area contributed by atoms with Crippen LogP contribution in [-0.4, -0.2) is 32.9 Å². The Morgan fingerprint density at radius 1 is 1.18 bits per heavy atom. The number of para-hydroxylation sites is 2. The number of fused-ring (bicyclic) bond motifs is 1.